The first-order valence-corrected chi connectivity index (χ1v) is 6.42. The summed E-state index contributed by atoms with van der Waals surface area (Å²) < 4.78 is 5.10. The first kappa shape index (κ1) is 12.5. The van der Waals surface area contributed by atoms with Crippen LogP contribution in [0, 0.1) is 5.92 Å². The lowest BCUT2D eigenvalue weighted by molar-refractivity contribution is 0.127. The van der Waals surface area contributed by atoms with Crippen molar-refractivity contribution < 1.29 is 9.63 Å². The summed E-state index contributed by atoms with van der Waals surface area (Å²) in [5, 5.41) is 13.7. The molecule has 2 unspecified atom stereocenters. The van der Waals surface area contributed by atoms with Gasteiger partial charge in [0, 0.05) is 5.92 Å². The lowest BCUT2D eigenvalue weighted by Gasteiger charge is -2.23. The summed E-state index contributed by atoms with van der Waals surface area (Å²) in [4.78, 5) is 4.30. The van der Waals surface area contributed by atoms with Gasteiger partial charge in [-0.05, 0) is 31.7 Å². The van der Waals surface area contributed by atoms with Crippen molar-refractivity contribution in [2.24, 2.45) is 11.7 Å². The van der Waals surface area contributed by atoms with Gasteiger partial charge in [0.25, 0.3) is 5.89 Å². The molecule has 1 saturated carbocycles. The van der Waals surface area contributed by atoms with Crippen molar-refractivity contribution in [3.05, 3.63) is 11.7 Å². The molecule has 1 aliphatic carbocycles. The van der Waals surface area contributed by atoms with Crippen LogP contribution in [0.5, 0.6) is 0 Å². The summed E-state index contributed by atoms with van der Waals surface area (Å²) >= 11 is 0. The van der Waals surface area contributed by atoms with E-state index < -0.39 is 6.10 Å². The highest BCUT2D eigenvalue weighted by molar-refractivity contribution is 4.99. The number of rotatable bonds is 4. The molecule has 0 spiro atoms. The minimum atomic E-state index is -0.720. The van der Waals surface area contributed by atoms with E-state index in [1.165, 1.54) is 12.8 Å². The standard InChI is InChI=1S/C12H21N3O2/c1-8-3-2-4-9(7-8)11-14-12(17-15-11)10(16)5-6-13/h8-10,16H,2-7,13H2,1H3/t8?,9?,10-/m0/s1. The molecule has 96 valence electrons. The number of aliphatic hydroxyl groups excluding tert-OH is 1. The Bertz CT molecular complexity index is 353. The normalized spacial score (nSPS) is 27.0. The molecule has 1 aromatic rings. The Kier molecular flexibility index (Phi) is 4.12. The molecule has 3 N–H and O–H groups in total. The summed E-state index contributed by atoms with van der Waals surface area (Å²) in [7, 11) is 0. The van der Waals surface area contributed by atoms with Gasteiger partial charge in [-0.1, -0.05) is 24.9 Å². The summed E-state index contributed by atoms with van der Waals surface area (Å²) in [5.41, 5.74) is 5.38. The smallest absolute Gasteiger partial charge is 0.255 e. The molecule has 2 rings (SSSR count). The highest BCUT2D eigenvalue weighted by Gasteiger charge is 2.25. The average molecular weight is 239 g/mol. The van der Waals surface area contributed by atoms with E-state index in [0.717, 1.165) is 24.6 Å². The molecule has 5 heteroatoms. The third-order valence-corrected chi connectivity index (χ3v) is 3.48. The van der Waals surface area contributed by atoms with Gasteiger partial charge in [-0.25, -0.2) is 0 Å². The van der Waals surface area contributed by atoms with Crippen molar-refractivity contribution in [1.29, 1.82) is 0 Å². The molecule has 0 amide bonds. The molecule has 17 heavy (non-hydrogen) atoms. The monoisotopic (exact) mass is 239 g/mol. The summed E-state index contributed by atoms with van der Waals surface area (Å²) in [6, 6.07) is 0. The topological polar surface area (TPSA) is 85.2 Å². The summed E-state index contributed by atoms with van der Waals surface area (Å²) in [6.45, 7) is 2.68. The van der Waals surface area contributed by atoms with Crippen LogP contribution in [0.25, 0.3) is 0 Å². The predicted molar refractivity (Wildman–Crippen MR) is 63.3 cm³/mol. The number of hydrogen-bond acceptors (Lipinski definition) is 5. The Morgan fingerprint density at radius 3 is 3.06 bits per heavy atom. The van der Waals surface area contributed by atoms with E-state index in [9.17, 15) is 5.11 Å². The van der Waals surface area contributed by atoms with Crippen LogP contribution in [-0.4, -0.2) is 21.8 Å². The Morgan fingerprint density at radius 2 is 2.35 bits per heavy atom. The number of aliphatic hydroxyl groups is 1. The molecule has 0 aromatic carbocycles. The van der Waals surface area contributed by atoms with Gasteiger partial charge in [0.05, 0.1) is 0 Å². The third kappa shape index (κ3) is 3.04. The van der Waals surface area contributed by atoms with E-state index in [1.54, 1.807) is 0 Å². The van der Waals surface area contributed by atoms with Gasteiger partial charge in [0.15, 0.2) is 5.82 Å². The van der Waals surface area contributed by atoms with Crippen LogP contribution in [0.1, 0.15) is 62.8 Å². The van der Waals surface area contributed by atoms with E-state index in [-0.39, 0.29) is 0 Å². The molecule has 5 nitrogen and oxygen atoms in total. The number of aromatic nitrogens is 2. The quantitative estimate of drug-likeness (QED) is 0.836. The number of nitrogens with zero attached hydrogens (tertiary/aromatic N) is 2. The van der Waals surface area contributed by atoms with E-state index in [1.807, 2.05) is 0 Å². The maximum atomic E-state index is 9.71. The van der Waals surface area contributed by atoms with E-state index in [2.05, 4.69) is 17.1 Å². The van der Waals surface area contributed by atoms with Gasteiger partial charge in [-0.3, -0.25) is 0 Å². The Morgan fingerprint density at radius 1 is 1.53 bits per heavy atom. The molecule has 1 fully saturated rings. The highest BCUT2D eigenvalue weighted by atomic mass is 16.5. The molecule has 0 radical (unpaired) electrons. The zero-order valence-electron chi connectivity index (χ0n) is 10.3. The van der Waals surface area contributed by atoms with Crippen molar-refractivity contribution in [3.63, 3.8) is 0 Å². The van der Waals surface area contributed by atoms with E-state index in [4.69, 9.17) is 10.3 Å². The molecule has 0 aliphatic heterocycles. The zero-order valence-corrected chi connectivity index (χ0v) is 10.3. The second-order valence-corrected chi connectivity index (χ2v) is 5.05. The lowest BCUT2D eigenvalue weighted by Crippen LogP contribution is -2.13. The largest absolute Gasteiger partial charge is 0.383 e. The van der Waals surface area contributed by atoms with Crippen LogP contribution in [0.2, 0.25) is 0 Å². The zero-order chi connectivity index (χ0) is 12.3. The third-order valence-electron chi connectivity index (χ3n) is 3.48. The predicted octanol–water partition coefficient (Wildman–Crippen LogP) is 1.75. The van der Waals surface area contributed by atoms with Crippen molar-refractivity contribution in [1.82, 2.24) is 10.1 Å². The fraction of sp³-hybridized carbons (Fsp3) is 0.833. The average Bonchev–Trinajstić information content (AvgIpc) is 2.78. The van der Waals surface area contributed by atoms with Crippen LogP contribution in [0.3, 0.4) is 0 Å². The molecule has 1 heterocycles. The first-order valence-electron chi connectivity index (χ1n) is 6.42. The fourth-order valence-electron chi connectivity index (χ4n) is 2.50. The second-order valence-electron chi connectivity index (χ2n) is 5.05. The molecule has 1 aromatic heterocycles. The molecular weight excluding hydrogens is 218 g/mol. The number of hydrogen-bond donors (Lipinski definition) is 2. The van der Waals surface area contributed by atoms with Gasteiger partial charge in [-0.15, -0.1) is 0 Å². The molecule has 0 bridgehead atoms. The van der Waals surface area contributed by atoms with Crippen LogP contribution in [0.4, 0.5) is 0 Å². The van der Waals surface area contributed by atoms with E-state index >= 15 is 0 Å². The van der Waals surface area contributed by atoms with Crippen molar-refractivity contribution in [2.75, 3.05) is 6.54 Å². The molecule has 3 atom stereocenters. The Hall–Kier alpha value is -0.940. The minimum Gasteiger partial charge on any atom is -0.383 e. The van der Waals surface area contributed by atoms with Crippen molar-refractivity contribution >= 4 is 0 Å². The minimum absolute atomic E-state index is 0.309. The fourth-order valence-corrected chi connectivity index (χ4v) is 2.50. The molecule has 0 saturated heterocycles. The molecule has 1 aliphatic rings. The Balaban J connectivity index is 2.02. The van der Waals surface area contributed by atoms with Crippen LogP contribution >= 0.6 is 0 Å². The Labute approximate surface area is 101 Å². The van der Waals surface area contributed by atoms with Crippen molar-refractivity contribution in [2.45, 2.75) is 51.0 Å². The summed E-state index contributed by atoms with van der Waals surface area (Å²) in [6.07, 6.45) is 4.49. The van der Waals surface area contributed by atoms with E-state index in [0.29, 0.717) is 24.8 Å². The maximum absolute atomic E-state index is 9.71. The SMILES string of the molecule is CC1CCCC(c2noc([C@@H](O)CCN)n2)C1. The summed E-state index contributed by atoms with van der Waals surface area (Å²) in [5.74, 6) is 2.18. The molecular formula is C12H21N3O2. The van der Waals surface area contributed by atoms with Gasteiger partial charge < -0.3 is 15.4 Å². The second kappa shape index (κ2) is 5.60. The van der Waals surface area contributed by atoms with Gasteiger partial charge in [0.1, 0.15) is 6.10 Å². The van der Waals surface area contributed by atoms with Gasteiger partial charge >= 0.3 is 0 Å². The lowest BCUT2D eigenvalue weighted by atomic mass is 9.82. The van der Waals surface area contributed by atoms with Crippen molar-refractivity contribution in [3.8, 4) is 0 Å². The maximum Gasteiger partial charge on any atom is 0.255 e. The van der Waals surface area contributed by atoms with Crippen LogP contribution in [-0.2, 0) is 0 Å². The van der Waals surface area contributed by atoms with Crippen LogP contribution in [0.15, 0.2) is 4.52 Å². The first-order chi connectivity index (χ1) is 8.20. The van der Waals surface area contributed by atoms with Gasteiger partial charge in [0.2, 0.25) is 0 Å². The van der Waals surface area contributed by atoms with Crippen LogP contribution < -0.4 is 5.73 Å². The number of nitrogens with two attached hydrogens (primary N) is 1. The highest BCUT2D eigenvalue weighted by Crippen LogP contribution is 2.34. The van der Waals surface area contributed by atoms with Gasteiger partial charge in [-0.2, -0.15) is 4.98 Å².